The molecule has 1 aromatic heterocycles. The molecule has 0 amide bonds. The number of carbonyl (C=O) groups is 1. The number of nitrogens with zero attached hydrogens (tertiary/aromatic N) is 1. The minimum absolute atomic E-state index is 0.274. The summed E-state index contributed by atoms with van der Waals surface area (Å²) < 4.78 is 0. The standard InChI is InChI=1S/C12H6Cl3NO/c13-9-3-1-7(5-10(9)14)8-2-4-12(15)16-11(8)6-17/h1-6H. The highest BCUT2D eigenvalue weighted by molar-refractivity contribution is 6.42. The Bertz CT molecular complexity index is 584. The molecule has 0 aliphatic heterocycles. The molecule has 0 atom stereocenters. The van der Waals surface area contributed by atoms with Crippen LogP contribution in [-0.4, -0.2) is 11.3 Å². The van der Waals surface area contributed by atoms with Crippen molar-refractivity contribution >= 4 is 41.1 Å². The van der Waals surface area contributed by atoms with Crippen LogP contribution in [0.5, 0.6) is 0 Å². The Hall–Kier alpha value is -1.09. The third-order valence-electron chi connectivity index (χ3n) is 2.23. The predicted molar refractivity (Wildman–Crippen MR) is 70.1 cm³/mol. The van der Waals surface area contributed by atoms with Crippen molar-refractivity contribution < 1.29 is 4.79 Å². The van der Waals surface area contributed by atoms with Gasteiger partial charge >= 0.3 is 0 Å². The molecule has 2 nitrogen and oxygen atoms in total. The molecule has 86 valence electrons. The zero-order chi connectivity index (χ0) is 12.4. The zero-order valence-electron chi connectivity index (χ0n) is 8.45. The Morgan fingerprint density at radius 1 is 1.00 bits per heavy atom. The van der Waals surface area contributed by atoms with E-state index in [-0.39, 0.29) is 10.8 Å². The quantitative estimate of drug-likeness (QED) is 0.600. The van der Waals surface area contributed by atoms with Crippen molar-refractivity contribution in [1.29, 1.82) is 0 Å². The van der Waals surface area contributed by atoms with E-state index in [1.807, 2.05) is 0 Å². The fraction of sp³-hybridized carbons (Fsp3) is 0. The molecular weight excluding hydrogens is 280 g/mol. The summed E-state index contributed by atoms with van der Waals surface area (Å²) in [4.78, 5) is 14.9. The molecule has 0 N–H and O–H groups in total. The van der Waals surface area contributed by atoms with E-state index in [9.17, 15) is 4.79 Å². The van der Waals surface area contributed by atoms with Gasteiger partial charge in [0, 0.05) is 5.56 Å². The number of halogens is 3. The molecule has 0 saturated carbocycles. The van der Waals surface area contributed by atoms with Crippen LogP contribution < -0.4 is 0 Å². The number of hydrogen-bond donors (Lipinski definition) is 0. The average molecular weight is 287 g/mol. The lowest BCUT2D eigenvalue weighted by molar-refractivity contribution is 0.111. The van der Waals surface area contributed by atoms with E-state index in [0.29, 0.717) is 21.9 Å². The number of rotatable bonds is 2. The lowest BCUT2D eigenvalue weighted by atomic mass is 10.0. The molecule has 17 heavy (non-hydrogen) atoms. The Kier molecular flexibility index (Phi) is 3.67. The SMILES string of the molecule is O=Cc1nc(Cl)ccc1-c1ccc(Cl)c(Cl)c1. The molecule has 1 heterocycles. The largest absolute Gasteiger partial charge is 0.296 e. The molecule has 0 aliphatic rings. The second-order valence-corrected chi connectivity index (χ2v) is 4.52. The first-order valence-electron chi connectivity index (χ1n) is 4.69. The van der Waals surface area contributed by atoms with Crippen molar-refractivity contribution in [1.82, 2.24) is 4.98 Å². The van der Waals surface area contributed by atoms with Crippen molar-refractivity contribution in [3.63, 3.8) is 0 Å². The summed E-state index contributed by atoms with van der Waals surface area (Å²) in [5, 5.41) is 1.16. The number of benzene rings is 1. The van der Waals surface area contributed by atoms with Crippen molar-refractivity contribution in [2.24, 2.45) is 0 Å². The highest BCUT2D eigenvalue weighted by atomic mass is 35.5. The Labute approximate surface area is 113 Å². The molecule has 0 spiro atoms. The second kappa shape index (κ2) is 5.05. The van der Waals surface area contributed by atoms with Crippen LogP contribution >= 0.6 is 34.8 Å². The summed E-state index contributed by atoms with van der Waals surface area (Å²) in [5.41, 5.74) is 1.71. The van der Waals surface area contributed by atoms with Crippen molar-refractivity contribution in [3.8, 4) is 11.1 Å². The van der Waals surface area contributed by atoms with Gasteiger partial charge < -0.3 is 0 Å². The van der Waals surface area contributed by atoms with Crippen LogP contribution in [0.1, 0.15) is 10.5 Å². The molecule has 1 aromatic carbocycles. The van der Waals surface area contributed by atoms with Crippen LogP contribution in [0.25, 0.3) is 11.1 Å². The number of aldehydes is 1. The normalized spacial score (nSPS) is 10.3. The molecule has 0 unspecified atom stereocenters. The number of aromatic nitrogens is 1. The van der Waals surface area contributed by atoms with E-state index in [4.69, 9.17) is 34.8 Å². The number of carbonyl (C=O) groups excluding carboxylic acids is 1. The third kappa shape index (κ3) is 2.60. The Morgan fingerprint density at radius 3 is 2.41 bits per heavy atom. The van der Waals surface area contributed by atoms with Gasteiger partial charge in [0.05, 0.1) is 10.0 Å². The summed E-state index contributed by atoms with van der Waals surface area (Å²) in [6, 6.07) is 8.46. The van der Waals surface area contributed by atoms with Crippen molar-refractivity contribution in [3.05, 3.63) is 51.2 Å². The fourth-order valence-electron chi connectivity index (χ4n) is 1.45. The van der Waals surface area contributed by atoms with Gasteiger partial charge in [-0.3, -0.25) is 4.79 Å². The molecule has 0 fully saturated rings. The van der Waals surface area contributed by atoms with Crippen LogP contribution in [-0.2, 0) is 0 Å². The molecule has 0 aliphatic carbocycles. The van der Waals surface area contributed by atoms with E-state index in [0.717, 1.165) is 5.56 Å². The summed E-state index contributed by atoms with van der Waals surface area (Å²) in [6.45, 7) is 0. The summed E-state index contributed by atoms with van der Waals surface area (Å²) >= 11 is 17.5. The van der Waals surface area contributed by atoms with Gasteiger partial charge in [0.25, 0.3) is 0 Å². The van der Waals surface area contributed by atoms with Crippen molar-refractivity contribution in [2.45, 2.75) is 0 Å². The third-order valence-corrected chi connectivity index (χ3v) is 3.18. The summed E-state index contributed by atoms with van der Waals surface area (Å²) in [5.74, 6) is 0. The Morgan fingerprint density at radius 2 is 1.76 bits per heavy atom. The number of hydrogen-bond acceptors (Lipinski definition) is 2. The van der Waals surface area contributed by atoms with Crippen LogP contribution in [0.3, 0.4) is 0 Å². The van der Waals surface area contributed by atoms with E-state index < -0.39 is 0 Å². The first-order chi connectivity index (χ1) is 8.11. The monoisotopic (exact) mass is 285 g/mol. The molecular formula is C12H6Cl3NO. The van der Waals surface area contributed by atoms with Gasteiger partial charge in [-0.15, -0.1) is 0 Å². The minimum Gasteiger partial charge on any atom is -0.296 e. The van der Waals surface area contributed by atoms with E-state index >= 15 is 0 Å². The Balaban J connectivity index is 2.59. The first kappa shape index (κ1) is 12.4. The van der Waals surface area contributed by atoms with E-state index in [2.05, 4.69) is 4.98 Å². The molecule has 0 radical (unpaired) electrons. The van der Waals surface area contributed by atoms with Gasteiger partial charge in [-0.2, -0.15) is 0 Å². The van der Waals surface area contributed by atoms with Crippen LogP contribution in [0.4, 0.5) is 0 Å². The van der Waals surface area contributed by atoms with Gasteiger partial charge in [0.15, 0.2) is 6.29 Å². The molecule has 0 bridgehead atoms. The maximum atomic E-state index is 10.9. The summed E-state index contributed by atoms with van der Waals surface area (Å²) in [7, 11) is 0. The lowest BCUT2D eigenvalue weighted by Gasteiger charge is -2.06. The lowest BCUT2D eigenvalue weighted by Crippen LogP contribution is -1.92. The van der Waals surface area contributed by atoms with Gasteiger partial charge in [0.2, 0.25) is 0 Å². The topological polar surface area (TPSA) is 30.0 Å². The maximum absolute atomic E-state index is 10.9. The predicted octanol–water partition coefficient (Wildman–Crippen LogP) is 4.52. The molecule has 2 rings (SSSR count). The smallest absolute Gasteiger partial charge is 0.169 e. The average Bonchev–Trinajstić information content (AvgIpc) is 2.32. The van der Waals surface area contributed by atoms with Crippen LogP contribution in [0.15, 0.2) is 30.3 Å². The zero-order valence-corrected chi connectivity index (χ0v) is 10.7. The molecule has 2 aromatic rings. The first-order valence-corrected chi connectivity index (χ1v) is 5.82. The summed E-state index contributed by atoms with van der Waals surface area (Å²) in [6.07, 6.45) is 0.656. The molecule has 5 heteroatoms. The van der Waals surface area contributed by atoms with Gasteiger partial charge in [-0.05, 0) is 29.8 Å². The molecule has 0 saturated heterocycles. The van der Waals surface area contributed by atoms with Gasteiger partial charge in [0.1, 0.15) is 10.8 Å². The van der Waals surface area contributed by atoms with Crippen molar-refractivity contribution in [2.75, 3.05) is 0 Å². The second-order valence-electron chi connectivity index (χ2n) is 3.31. The van der Waals surface area contributed by atoms with Gasteiger partial charge in [-0.1, -0.05) is 40.9 Å². The highest BCUT2D eigenvalue weighted by Crippen LogP contribution is 2.30. The van der Waals surface area contributed by atoms with Gasteiger partial charge in [-0.25, -0.2) is 4.98 Å². The van der Waals surface area contributed by atoms with Crippen LogP contribution in [0, 0.1) is 0 Å². The maximum Gasteiger partial charge on any atom is 0.169 e. The highest BCUT2D eigenvalue weighted by Gasteiger charge is 2.08. The van der Waals surface area contributed by atoms with E-state index in [1.54, 1.807) is 30.3 Å². The van der Waals surface area contributed by atoms with E-state index in [1.165, 1.54) is 0 Å². The minimum atomic E-state index is 0.274. The van der Waals surface area contributed by atoms with Crippen LogP contribution in [0.2, 0.25) is 15.2 Å². The number of pyridine rings is 1. The fourth-order valence-corrected chi connectivity index (χ4v) is 1.90.